The van der Waals surface area contributed by atoms with E-state index in [9.17, 15) is 37.1 Å². The number of aromatic nitrogens is 11. The standard InChI is InChI=1S/C20H20FN5O.C20H24N4O.C19H20BrFN4O.C19H21BrN4O.C18H19ClFN5O/c1-22-15-5-2-6-16(17(15)21)23-19(27)26-9-7-14-13(11-26)18(25-24-14)20-8-3-4-12(20)10-20;1-13-4-2-6-15(10-13)21-19(25)24-9-7-17-16(12-24)18(23-22-17)20-8-3-5-14(20)11-20;20-13-4-1-5-15(16(13)21)22-18(26)25-8-6-14-12(10-25)17(24-23-14)19-7-2-3-11(19)9-19;20-13-4-1-5-14(9-13)21-18(25)24-8-6-16-15(11-24)17(23-22-16)19-7-2-3-12(19)10-19;19-16-14(20)13(3-6-21-16)22-17(26)25-7-4-12-11(9-25)15(24-23-12)18-5-1-2-10(18)8-18/h2,5-6,12H,3-4,7-11H2,(H,23,27)(H,24,25);2,4,6,10,14H,3,5,7-9,11-12H2,1H3,(H,21,25)(H,22,23);1,4-5,11H,2-3,6-10H2,(H,22,26)(H,23,24);1,4-5,9,12H,2-3,6-8,10-11H2,(H,21,25)(H,22,23);3,6,10H,1-2,4-5,7-9H2,(H,23,24)(H,21,22,26). The molecule has 11 heterocycles. The molecule has 0 radical (unpaired) electrons. The van der Waals surface area contributed by atoms with Gasteiger partial charge in [0.25, 0.3) is 0 Å². The molecular formula is C96H104Br2ClF3N22O5. The summed E-state index contributed by atoms with van der Waals surface area (Å²) in [7, 11) is 0. The van der Waals surface area contributed by atoms with Gasteiger partial charge in [0.05, 0.1) is 89.3 Å². The van der Waals surface area contributed by atoms with Crippen LogP contribution in [0.25, 0.3) is 4.85 Å². The summed E-state index contributed by atoms with van der Waals surface area (Å²) in [5.41, 5.74) is 22.4. The molecule has 10 aliphatic carbocycles. The highest BCUT2D eigenvalue weighted by atomic mass is 79.9. The molecule has 0 bridgehead atoms. The lowest BCUT2D eigenvalue weighted by Crippen LogP contribution is -2.39. The maximum absolute atomic E-state index is 14.3. The van der Waals surface area contributed by atoms with Crippen molar-refractivity contribution < 1.29 is 37.1 Å². The van der Waals surface area contributed by atoms with Gasteiger partial charge < -0.3 is 51.1 Å². The summed E-state index contributed by atoms with van der Waals surface area (Å²) in [5.74, 6) is 2.08. The molecule has 10 amide bonds. The van der Waals surface area contributed by atoms with Gasteiger partial charge in [0, 0.05) is 170 Å². The van der Waals surface area contributed by atoms with Gasteiger partial charge in [-0.2, -0.15) is 25.5 Å². The minimum Gasteiger partial charge on any atom is -0.320 e. The molecule has 5 aliphatic heterocycles. The van der Waals surface area contributed by atoms with E-state index in [0.29, 0.717) is 67.7 Å². The summed E-state index contributed by atoms with van der Waals surface area (Å²) in [6.07, 6.45) is 30.7. The molecule has 25 rings (SSSR count). The second-order valence-electron chi connectivity index (χ2n) is 38.6. The molecule has 10 fully saturated rings. The largest absolute Gasteiger partial charge is 0.322 e. The van der Waals surface area contributed by atoms with Gasteiger partial charge in [-0.1, -0.05) is 96.0 Å². The van der Waals surface area contributed by atoms with E-state index in [0.717, 1.165) is 136 Å². The fourth-order valence-electron chi connectivity index (χ4n) is 24.2. The van der Waals surface area contributed by atoms with E-state index >= 15 is 0 Å². The van der Waals surface area contributed by atoms with Crippen molar-refractivity contribution in [3.63, 3.8) is 0 Å². The Balaban J connectivity index is 0.0000000978. The van der Waals surface area contributed by atoms with Crippen LogP contribution in [0.1, 0.15) is 219 Å². The molecule has 10 aromatic rings. The molecule has 33 heteroatoms. The van der Waals surface area contributed by atoms with Gasteiger partial charge in [0.15, 0.2) is 22.6 Å². The number of anilines is 5. The van der Waals surface area contributed by atoms with E-state index in [-0.39, 0.29) is 74.3 Å². The molecule has 4 aromatic carbocycles. The molecule has 10 N–H and O–H groups in total. The number of pyridine rings is 1. The van der Waals surface area contributed by atoms with Crippen molar-refractivity contribution in [2.24, 2.45) is 29.6 Å². The molecule has 0 spiro atoms. The van der Waals surface area contributed by atoms with Crippen LogP contribution < -0.4 is 26.6 Å². The van der Waals surface area contributed by atoms with Crippen LogP contribution in [0.2, 0.25) is 5.15 Å². The predicted octanol–water partition coefficient (Wildman–Crippen LogP) is 20.1. The zero-order chi connectivity index (χ0) is 88.4. The van der Waals surface area contributed by atoms with Gasteiger partial charge in [0.1, 0.15) is 0 Å². The third-order valence-electron chi connectivity index (χ3n) is 31.5. The number of nitrogens with one attached hydrogen (secondary N) is 10. The number of fused-ring (bicyclic) bond motifs is 10. The molecule has 670 valence electrons. The van der Waals surface area contributed by atoms with Crippen LogP contribution in [0.4, 0.5) is 71.3 Å². The highest BCUT2D eigenvalue weighted by Crippen LogP contribution is 2.69. The summed E-state index contributed by atoms with van der Waals surface area (Å²) in [5, 5.41) is 53.1. The van der Waals surface area contributed by atoms with Crippen molar-refractivity contribution in [2.75, 3.05) is 59.3 Å². The normalized spacial score (nSPS) is 26.4. The number of hydrogen-bond acceptors (Lipinski definition) is 11. The minimum absolute atomic E-state index is 0.0142. The van der Waals surface area contributed by atoms with Crippen LogP contribution in [0.15, 0.2) is 106 Å². The van der Waals surface area contributed by atoms with E-state index in [1.165, 1.54) is 198 Å². The van der Waals surface area contributed by atoms with Crippen molar-refractivity contribution >= 4 is 108 Å². The Bertz CT molecular complexity index is 5880. The number of hydrogen-bond donors (Lipinski definition) is 10. The Morgan fingerprint density at radius 3 is 1.06 bits per heavy atom. The van der Waals surface area contributed by atoms with Crippen molar-refractivity contribution in [1.82, 2.24) is 80.5 Å². The predicted molar refractivity (Wildman–Crippen MR) is 488 cm³/mol. The monoisotopic (exact) mass is 1890 g/mol. The number of halogens is 6. The van der Waals surface area contributed by atoms with Gasteiger partial charge in [-0.3, -0.25) is 25.5 Å². The quantitative estimate of drug-likeness (QED) is 0.0453. The second-order valence-corrected chi connectivity index (χ2v) is 40.7. The minimum atomic E-state index is -0.713. The first-order valence-corrected chi connectivity index (χ1v) is 47.9. The first-order chi connectivity index (χ1) is 62.6. The highest BCUT2D eigenvalue weighted by Gasteiger charge is 2.65. The lowest BCUT2D eigenvalue weighted by atomic mass is 9.92. The number of urea groups is 5. The summed E-state index contributed by atoms with van der Waals surface area (Å²) in [6, 6.07) is 25.4. The molecule has 10 saturated carbocycles. The maximum atomic E-state index is 14.3. The maximum Gasteiger partial charge on any atom is 0.322 e. The lowest BCUT2D eigenvalue weighted by molar-refractivity contribution is 0.205. The summed E-state index contributed by atoms with van der Waals surface area (Å²) in [4.78, 5) is 79.3. The van der Waals surface area contributed by atoms with E-state index in [2.05, 4.69) is 109 Å². The van der Waals surface area contributed by atoms with Gasteiger partial charge in [0.2, 0.25) is 5.69 Å². The Labute approximate surface area is 767 Å². The van der Waals surface area contributed by atoms with Crippen molar-refractivity contribution in [1.29, 1.82) is 0 Å². The lowest BCUT2D eigenvalue weighted by Gasteiger charge is -2.28. The number of aryl methyl sites for hydroxylation is 1. The van der Waals surface area contributed by atoms with Gasteiger partial charge in [-0.05, 0) is 209 Å². The number of benzene rings is 4. The molecule has 0 saturated heterocycles. The number of H-pyrrole nitrogens is 5. The average molecular weight is 1900 g/mol. The number of aromatic amines is 5. The second kappa shape index (κ2) is 33.7. The Hall–Kier alpha value is -11.0. The van der Waals surface area contributed by atoms with Crippen molar-refractivity contribution in [2.45, 2.75) is 227 Å². The van der Waals surface area contributed by atoms with Crippen LogP contribution in [0, 0.1) is 60.5 Å². The Morgan fingerprint density at radius 2 is 0.736 bits per heavy atom. The van der Waals surface area contributed by atoms with Gasteiger partial charge in [-0.15, -0.1) is 0 Å². The number of rotatable bonds is 10. The van der Waals surface area contributed by atoms with Crippen LogP contribution in [-0.2, 0) is 91.9 Å². The number of carbonyl (C=O) groups is 5. The first-order valence-electron chi connectivity index (χ1n) is 45.9. The summed E-state index contributed by atoms with van der Waals surface area (Å²) < 4.78 is 43.7. The fraction of sp³-hybridized carbons (Fsp3) is 0.479. The van der Waals surface area contributed by atoms with E-state index in [1.807, 2.05) is 65.3 Å². The van der Waals surface area contributed by atoms with Crippen LogP contribution in [0.3, 0.4) is 0 Å². The number of amides is 10. The first kappa shape index (κ1) is 84.8. The molecule has 15 aliphatic rings. The highest BCUT2D eigenvalue weighted by molar-refractivity contribution is 9.10. The fourth-order valence-corrected chi connectivity index (χ4v) is 25.1. The summed E-state index contributed by atoms with van der Waals surface area (Å²) >= 11 is 12.3. The van der Waals surface area contributed by atoms with Gasteiger partial charge in [-0.25, -0.2) is 47.0 Å². The summed E-state index contributed by atoms with van der Waals surface area (Å²) in [6.45, 7) is 15.1. The van der Waals surface area contributed by atoms with Crippen molar-refractivity contribution in [3.05, 3.63) is 230 Å². The van der Waals surface area contributed by atoms with E-state index in [1.54, 1.807) is 39.0 Å². The van der Waals surface area contributed by atoms with Gasteiger partial charge >= 0.3 is 30.2 Å². The third-order valence-corrected chi connectivity index (χ3v) is 32.8. The average Bonchev–Trinajstić information content (AvgIpc) is 1.57. The van der Waals surface area contributed by atoms with E-state index in [4.69, 9.17) is 28.4 Å². The van der Waals surface area contributed by atoms with E-state index < -0.39 is 17.5 Å². The Kier molecular flexibility index (Phi) is 22.2. The Morgan fingerprint density at radius 1 is 0.419 bits per heavy atom. The molecule has 10 unspecified atom stereocenters. The SMILES string of the molecule is Cc1cccc(NC(=O)N2CCc3[nH]nc(C45CCCC4C5)c3C2)c1.O=C(Nc1cccc(Br)c1)N1CCc2[nH]nc(C34CCCC3C4)c2C1.O=C(Nc1cccc(Br)c1F)N1CCc2[nH]nc(C34CCCC3C4)c2C1.O=C(Nc1ccnc(Cl)c1F)N1CCc2[nH]nc(C34CCCC3C4)c2C1.[C-]#[N+]c1cccc(NC(=O)N2CCc3[nH]nc(C45CCCC4C5)c3C2)c1F. The zero-order valence-corrected chi connectivity index (χ0v) is 76.0. The van der Waals surface area contributed by atoms with Crippen LogP contribution in [0.5, 0.6) is 0 Å². The molecular weight excluding hydrogens is 1790 g/mol. The van der Waals surface area contributed by atoms with Crippen LogP contribution >= 0.6 is 43.5 Å². The molecule has 27 nitrogen and oxygen atoms in total. The van der Waals surface area contributed by atoms with Crippen LogP contribution in [-0.4, -0.2) is 143 Å². The molecule has 6 aromatic heterocycles. The smallest absolute Gasteiger partial charge is 0.320 e. The number of nitrogens with zero attached hydrogens (tertiary/aromatic N) is 12. The topological polar surface area (TPSA) is 322 Å². The zero-order valence-electron chi connectivity index (χ0n) is 72.0. The number of carbonyl (C=O) groups excluding carboxylic acids is 5. The van der Waals surface area contributed by atoms with Crippen molar-refractivity contribution in [3.8, 4) is 0 Å². The molecule has 129 heavy (non-hydrogen) atoms. The molecule has 10 atom stereocenters. The third kappa shape index (κ3) is 15.8.